The van der Waals surface area contributed by atoms with Crippen LogP contribution in [0.25, 0.3) is 0 Å². The number of hydrogen-bond acceptors (Lipinski definition) is 9. The maximum Gasteiger partial charge on any atom is 0.248 e. The zero-order valence-electron chi connectivity index (χ0n) is 20.2. The van der Waals surface area contributed by atoms with E-state index in [1.165, 1.54) is 0 Å². The summed E-state index contributed by atoms with van der Waals surface area (Å²) >= 11 is 3.10. The molecule has 3 atom stereocenters. The van der Waals surface area contributed by atoms with Crippen molar-refractivity contribution in [1.29, 1.82) is 0 Å². The maximum absolute atomic E-state index is 13.9. The van der Waals surface area contributed by atoms with Gasteiger partial charge < -0.3 is 28.6 Å². The molecule has 10 heteroatoms. The number of methoxy groups -OCH3 is 3. The second-order valence-electron chi connectivity index (χ2n) is 7.56. The maximum atomic E-state index is 13.9. The van der Waals surface area contributed by atoms with E-state index in [0.717, 1.165) is 28.5 Å². The summed E-state index contributed by atoms with van der Waals surface area (Å²) in [7, 11) is 4.82. The van der Waals surface area contributed by atoms with E-state index >= 15 is 0 Å². The first-order valence-electron chi connectivity index (χ1n) is 10.8. The molecule has 0 unspecified atom stereocenters. The van der Waals surface area contributed by atoms with Crippen LogP contribution in [0, 0.1) is 0 Å². The summed E-state index contributed by atoms with van der Waals surface area (Å²) in [4.78, 5) is 20.7. The molecule has 1 aliphatic rings. The number of ether oxygens (including phenoxy) is 5. The molecule has 186 valence electrons. The fraction of sp³-hybridized carbons (Fsp3) is 0.652. The number of rotatable bonds is 13. The number of likely N-dealkylation sites (tertiary alicyclic amines) is 1. The largest absolute Gasteiger partial charge is 0.497 e. The number of amides is 1. The van der Waals surface area contributed by atoms with E-state index in [0.29, 0.717) is 19.6 Å². The molecule has 1 aliphatic heterocycles. The fourth-order valence-electron chi connectivity index (χ4n) is 3.84. The third kappa shape index (κ3) is 8.77. The van der Waals surface area contributed by atoms with Crippen molar-refractivity contribution in [1.82, 2.24) is 4.90 Å². The highest BCUT2D eigenvalue weighted by Crippen LogP contribution is 2.28. The van der Waals surface area contributed by atoms with Gasteiger partial charge in [-0.3, -0.25) is 9.79 Å². The van der Waals surface area contributed by atoms with Crippen molar-refractivity contribution in [3.63, 3.8) is 0 Å². The van der Waals surface area contributed by atoms with Crippen LogP contribution >= 0.6 is 23.5 Å². The summed E-state index contributed by atoms with van der Waals surface area (Å²) < 4.78 is 27.5. The highest BCUT2D eigenvalue weighted by Gasteiger charge is 2.40. The molecule has 1 fully saturated rings. The lowest BCUT2D eigenvalue weighted by atomic mass is 10.0. The van der Waals surface area contributed by atoms with Crippen molar-refractivity contribution >= 4 is 33.8 Å². The topological polar surface area (TPSA) is 78.8 Å². The molecule has 0 spiro atoms. The van der Waals surface area contributed by atoms with Gasteiger partial charge in [0.25, 0.3) is 0 Å². The number of carbonyl (C=O) groups is 1. The van der Waals surface area contributed by atoms with Gasteiger partial charge in [0.2, 0.25) is 5.91 Å². The molecule has 1 amide bonds. The number of benzene rings is 1. The average molecular weight is 501 g/mol. The molecule has 0 aromatic heterocycles. The lowest BCUT2D eigenvalue weighted by molar-refractivity contribution is -0.140. The smallest absolute Gasteiger partial charge is 0.248 e. The van der Waals surface area contributed by atoms with Crippen LogP contribution in [-0.4, -0.2) is 93.9 Å². The predicted molar refractivity (Wildman–Crippen MR) is 134 cm³/mol. The molecule has 1 saturated heterocycles. The van der Waals surface area contributed by atoms with Gasteiger partial charge in [-0.25, -0.2) is 0 Å². The Morgan fingerprint density at radius 1 is 1.00 bits per heavy atom. The molecule has 1 aromatic carbocycles. The van der Waals surface area contributed by atoms with Gasteiger partial charge in [-0.1, -0.05) is 12.1 Å². The van der Waals surface area contributed by atoms with Crippen LogP contribution in [0.15, 0.2) is 29.3 Å². The van der Waals surface area contributed by atoms with Gasteiger partial charge in [0.05, 0.1) is 32.4 Å². The number of thioether (sulfide) groups is 2. The van der Waals surface area contributed by atoms with E-state index in [1.807, 2.05) is 41.7 Å². The summed E-state index contributed by atoms with van der Waals surface area (Å²) in [6, 6.07) is 7.13. The molecule has 8 nitrogen and oxygen atoms in total. The van der Waals surface area contributed by atoms with Gasteiger partial charge >= 0.3 is 0 Å². The molecule has 0 radical (unpaired) electrons. The van der Waals surface area contributed by atoms with E-state index in [2.05, 4.69) is 0 Å². The Bertz CT molecular complexity index is 710. The van der Waals surface area contributed by atoms with Crippen molar-refractivity contribution in [2.45, 2.75) is 37.4 Å². The summed E-state index contributed by atoms with van der Waals surface area (Å²) in [5, 5.41) is 0. The Morgan fingerprint density at radius 2 is 1.55 bits per heavy atom. The van der Waals surface area contributed by atoms with Crippen molar-refractivity contribution in [3.8, 4) is 5.75 Å². The van der Waals surface area contributed by atoms with Gasteiger partial charge in [0, 0.05) is 20.6 Å². The zero-order chi connectivity index (χ0) is 24.1. The van der Waals surface area contributed by atoms with E-state index in [4.69, 9.17) is 28.7 Å². The molecular formula is C23H36N2O6S2. The summed E-state index contributed by atoms with van der Waals surface area (Å²) in [6.45, 7) is 1.22. The van der Waals surface area contributed by atoms with Gasteiger partial charge in [-0.2, -0.15) is 0 Å². The Morgan fingerprint density at radius 3 is 2.00 bits per heavy atom. The van der Waals surface area contributed by atoms with Crippen LogP contribution in [0.2, 0.25) is 0 Å². The predicted octanol–water partition coefficient (Wildman–Crippen LogP) is 3.29. The second-order valence-corrected chi connectivity index (χ2v) is 9.40. The first-order valence-corrected chi connectivity index (χ1v) is 13.3. The minimum atomic E-state index is -0.541. The standard InChI is InChI=1S/C23H36N2O6S2/c1-27-15-30-13-18-8-9-19(14-31-16-28-2)25(18)22(26)21(24-23(32-4)33-5)12-17-6-10-20(29-3)11-7-17/h6-7,10-11,18-19,21H,8-9,12-16H2,1-5H3/t18-,19-,21-/m0/s1. The average Bonchev–Trinajstić information content (AvgIpc) is 3.24. The highest BCUT2D eigenvalue weighted by molar-refractivity contribution is 8.38. The van der Waals surface area contributed by atoms with Crippen LogP contribution in [0.4, 0.5) is 0 Å². The van der Waals surface area contributed by atoms with Gasteiger partial charge in [-0.15, -0.1) is 23.5 Å². The normalized spacial score (nSPS) is 18.9. The molecular weight excluding hydrogens is 464 g/mol. The van der Waals surface area contributed by atoms with Crippen molar-refractivity contribution in [3.05, 3.63) is 29.8 Å². The third-order valence-electron chi connectivity index (χ3n) is 5.38. The van der Waals surface area contributed by atoms with Crippen molar-refractivity contribution in [2.24, 2.45) is 4.99 Å². The number of hydrogen-bond donors (Lipinski definition) is 0. The molecule has 1 aromatic rings. The van der Waals surface area contributed by atoms with Crippen molar-refractivity contribution < 1.29 is 28.5 Å². The molecule has 0 aliphatic carbocycles. The first-order chi connectivity index (χ1) is 16.1. The zero-order valence-corrected chi connectivity index (χ0v) is 21.8. The van der Waals surface area contributed by atoms with Crippen molar-refractivity contribution in [2.75, 3.05) is 60.6 Å². The molecule has 1 heterocycles. The monoisotopic (exact) mass is 500 g/mol. The number of nitrogens with zero attached hydrogens (tertiary/aromatic N) is 2. The fourth-order valence-corrected chi connectivity index (χ4v) is 4.98. The third-order valence-corrected chi connectivity index (χ3v) is 7.29. The van der Waals surface area contributed by atoms with Gasteiger partial charge in [0.1, 0.15) is 29.8 Å². The summed E-state index contributed by atoms with van der Waals surface area (Å²) in [6.07, 6.45) is 6.13. The number of carbonyl (C=O) groups excluding carboxylic acids is 1. The second kappa shape index (κ2) is 15.6. The molecule has 0 bridgehead atoms. The highest BCUT2D eigenvalue weighted by atomic mass is 32.2. The Balaban J connectivity index is 2.28. The van der Waals surface area contributed by atoms with Crippen LogP contribution in [0.1, 0.15) is 18.4 Å². The number of aliphatic imine (C=N–C) groups is 1. The Kier molecular flexibility index (Phi) is 13.2. The van der Waals surface area contributed by atoms with Crippen LogP contribution < -0.4 is 4.74 Å². The quantitative estimate of drug-likeness (QED) is 0.177. The van der Waals surface area contributed by atoms with Gasteiger partial charge in [0.15, 0.2) is 0 Å². The molecule has 33 heavy (non-hydrogen) atoms. The van der Waals surface area contributed by atoms with Crippen LogP contribution in [0.5, 0.6) is 5.75 Å². The molecule has 0 saturated carbocycles. The van der Waals surface area contributed by atoms with Crippen LogP contribution in [0.3, 0.4) is 0 Å². The SMILES string of the molecule is COCOC[C@@H]1CC[C@@H](COCOC)N1C(=O)[C@H](Cc1ccc(OC)cc1)N=C(SC)SC. The van der Waals surface area contributed by atoms with E-state index in [1.54, 1.807) is 44.9 Å². The Hall–Kier alpha value is -1.30. The minimum absolute atomic E-state index is 0.0130. The lowest BCUT2D eigenvalue weighted by Crippen LogP contribution is -2.49. The molecule has 0 N–H and O–H groups in total. The van der Waals surface area contributed by atoms with Crippen LogP contribution in [-0.2, 0) is 30.2 Å². The summed E-state index contributed by atoms with van der Waals surface area (Å²) in [5.41, 5.74) is 1.03. The van der Waals surface area contributed by atoms with E-state index in [9.17, 15) is 4.79 Å². The van der Waals surface area contributed by atoms with E-state index < -0.39 is 6.04 Å². The minimum Gasteiger partial charge on any atom is -0.497 e. The van der Waals surface area contributed by atoms with E-state index in [-0.39, 0.29) is 31.6 Å². The molecule has 2 rings (SSSR count). The lowest BCUT2D eigenvalue weighted by Gasteiger charge is -2.32. The Labute approximate surface area is 205 Å². The first kappa shape index (κ1) is 27.9. The van der Waals surface area contributed by atoms with Gasteiger partial charge in [-0.05, 0) is 43.0 Å². The summed E-state index contributed by atoms with van der Waals surface area (Å²) in [5.74, 6) is 0.769.